The standard InChI is InChI=1S/C24H44N4O12/c1-37-21(33)9-25-5-18(14-30)27(11-23(35)39-3)7-20(16-32)28(12-24(36)40-4)8-19(15-31)26(6-17(25)13-29)10-22(34)38-2/h17-20,29-32H,5-16H2,1-4H3/t17-,18-,19-,20-/m0/s1. The molecule has 16 nitrogen and oxygen atoms in total. The zero-order chi connectivity index (χ0) is 30.2. The zero-order valence-corrected chi connectivity index (χ0v) is 23.6. The normalized spacial score (nSPS) is 24.4. The molecule has 1 aliphatic rings. The first-order valence-corrected chi connectivity index (χ1v) is 12.8. The molecule has 0 radical (unpaired) electrons. The number of hydrogen-bond acceptors (Lipinski definition) is 16. The van der Waals surface area contributed by atoms with Crippen LogP contribution < -0.4 is 0 Å². The van der Waals surface area contributed by atoms with Gasteiger partial charge in [0, 0.05) is 50.3 Å². The number of methoxy groups -OCH3 is 4. The highest BCUT2D eigenvalue weighted by atomic mass is 16.5. The Bertz CT molecular complexity index is 676. The summed E-state index contributed by atoms with van der Waals surface area (Å²) < 4.78 is 19.3. The average molecular weight is 581 g/mol. The van der Waals surface area contributed by atoms with Gasteiger partial charge in [0.1, 0.15) is 0 Å². The topological polar surface area (TPSA) is 199 Å². The Labute approximate surface area is 233 Å². The molecule has 0 aromatic carbocycles. The monoisotopic (exact) mass is 580 g/mol. The maximum Gasteiger partial charge on any atom is 0.319 e. The molecule has 1 heterocycles. The summed E-state index contributed by atoms with van der Waals surface area (Å²) in [6.07, 6.45) is 0. The minimum Gasteiger partial charge on any atom is -0.468 e. The molecule has 0 bridgehead atoms. The quantitative estimate of drug-likeness (QED) is 0.127. The van der Waals surface area contributed by atoms with Crippen LogP contribution in [0.25, 0.3) is 0 Å². The van der Waals surface area contributed by atoms with E-state index in [2.05, 4.69) is 0 Å². The van der Waals surface area contributed by atoms with E-state index in [1.165, 1.54) is 28.4 Å². The lowest BCUT2D eigenvalue weighted by Gasteiger charge is -2.44. The van der Waals surface area contributed by atoms with Gasteiger partial charge in [-0.2, -0.15) is 0 Å². The van der Waals surface area contributed by atoms with Crippen LogP contribution in [0.1, 0.15) is 0 Å². The van der Waals surface area contributed by atoms with Gasteiger partial charge in [0.05, 0.1) is 81.0 Å². The SMILES string of the molecule is COC(=O)CN1C[C@@H](CO)N(CC(=O)OC)C[C@@H](CO)N(CC(=O)OC)C[C@@H](CO)N(CC(=O)OC)C[C@H]1CO. The second kappa shape index (κ2) is 18.8. The van der Waals surface area contributed by atoms with Crippen molar-refractivity contribution in [3.8, 4) is 0 Å². The van der Waals surface area contributed by atoms with Crippen LogP contribution in [-0.4, -0.2) is 195 Å². The van der Waals surface area contributed by atoms with E-state index in [4.69, 9.17) is 18.9 Å². The van der Waals surface area contributed by atoms with Crippen LogP contribution in [0, 0.1) is 0 Å². The Morgan fingerprint density at radius 2 is 0.650 bits per heavy atom. The van der Waals surface area contributed by atoms with E-state index in [1.54, 1.807) is 19.6 Å². The third kappa shape index (κ3) is 11.2. The van der Waals surface area contributed by atoms with Crippen LogP contribution in [-0.2, 0) is 38.1 Å². The summed E-state index contributed by atoms with van der Waals surface area (Å²) in [6, 6.07) is -3.19. The van der Waals surface area contributed by atoms with E-state index in [-0.39, 0.29) is 52.4 Å². The molecule has 0 unspecified atom stereocenters. The number of carbonyl (C=O) groups excluding carboxylic acids is 4. The first kappa shape index (κ1) is 35.6. The van der Waals surface area contributed by atoms with E-state index in [9.17, 15) is 39.6 Å². The summed E-state index contributed by atoms with van der Waals surface area (Å²) in [5, 5.41) is 41.4. The van der Waals surface area contributed by atoms with Crippen molar-refractivity contribution in [1.82, 2.24) is 19.6 Å². The van der Waals surface area contributed by atoms with Gasteiger partial charge in [0.25, 0.3) is 0 Å². The predicted octanol–water partition coefficient (Wildman–Crippen LogP) is -4.66. The zero-order valence-electron chi connectivity index (χ0n) is 23.6. The van der Waals surface area contributed by atoms with Gasteiger partial charge < -0.3 is 39.4 Å². The largest absolute Gasteiger partial charge is 0.468 e. The van der Waals surface area contributed by atoms with E-state index in [1.807, 2.05) is 0 Å². The Hall–Kier alpha value is -2.44. The fourth-order valence-electron chi connectivity index (χ4n) is 4.53. The van der Waals surface area contributed by atoms with Gasteiger partial charge in [-0.3, -0.25) is 38.8 Å². The van der Waals surface area contributed by atoms with Crippen molar-refractivity contribution in [2.75, 3.05) is 107 Å². The molecule has 0 aromatic heterocycles. The molecule has 40 heavy (non-hydrogen) atoms. The Morgan fingerprint density at radius 1 is 0.475 bits per heavy atom. The number of nitrogens with zero attached hydrogens (tertiary/aromatic N) is 4. The van der Waals surface area contributed by atoms with Crippen molar-refractivity contribution in [2.45, 2.75) is 24.2 Å². The van der Waals surface area contributed by atoms with E-state index >= 15 is 0 Å². The van der Waals surface area contributed by atoms with Crippen LogP contribution in [0.3, 0.4) is 0 Å². The third-order valence-corrected chi connectivity index (χ3v) is 6.93. The van der Waals surface area contributed by atoms with Crippen LogP contribution >= 0.6 is 0 Å². The number of ether oxygens (including phenoxy) is 4. The highest BCUT2D eigenvalue weighted by Gasteiger charge is 2.36. The van der Waals surface area contributed by atoms with Gasteiger partial charge >= 0.3 is 23.9 Å². The molecular formula is C24H44N4O12. The summed E-state index contributed by atoms with van der Waals surface area (Å²) >= 11 is 0. The number of rotatable bonds is 12. The van der Waals surface area contributed by atoms with Crippen molar-refractivity contribution in [1.29, 1.82) is 0 Å². The van der Waals surface area contributed by atoms with Gasteiger partial charge in [0.2, 0.25) is 0 Å². The molecule has 232 valence electrons. The molecular weight excluding hydrogens is 536 g/mol. The van der Waals surface area contributed by atoms with Gasteiger partial charge in [-0.25, -0.2) is 0 Å². The number of esters is 4. The lowest BCUT2D eigenvalue weighted by atomic mass is 10.1. The molecule has 16 heteroatoms. The molecule has 1 saturated heterocycles. The van der Waals surface area contributed by atoms with Crippen LogP contribution in [0.5, 0.6) is 0 Å². The highest BCUT2D eigenvalue weighted by Crippen LogP contribution is 2.16. The molecule has 0 spiro atoms. The predicted molar refractivity (Wildman–Crippen MR) is 138 cm³/mol. The van der Waals surface area contributed by atoms with Gasteiger partial charge in [-0.05, 0) is 0 Å². The van der Waals surface area contributed by atoms with Crippen molar-refractivity contribution >= 4 is 23.9 Å². The molecule has 0 amide bonds. The lowest BCUT2D eigenvalue weighted by molar-refractivity contribution is -0.148. The third-order valence-electron chi connectivity index (χ3n) is 6.93. The first-order chi connectivity index (χ1) is 19.1. The second-order valence-corrected chi connectivity index (χ2v) is 9.37. The number of hydrogen-bond donors (Lipinski definition) is 4. The summed E-state index contributed by atoms with van der Waals surface area (Å²) in [6.45, 7) is -3.26. The molecule has 4 N–H and O–H groups in total. The van der Waals surface area contributed by atoms with Crippen molar-refractivity contribution in [2.24, 2.45) is 0 Å². The van der Waals surface area contributed by atoms with Crippen LogP contribution in [0.15, 0.2) is 0 Å². The van der Waals surface area contributed by atoms with Crippen molar-refractivity contribution < 1.29 is 58.6 Å². The average Bonchev–Trinajstić information content (AvgIpc) is 2.96. The highest BCUT2D eigenvalue weighted by molar-refractivity contribution is 5.73. The molecule has 0 saturated carbocycles. The lowest BCUT2D eigenvalue weighted by Crippen LogP contribution is -2.62. The molecule has 1 rings (SSSR count). The Morgan fingerprint density at radius 3 is 0.775 bits per heavy atom. The van der Waals surface area contributed by atoms with Crippen LogP contribution in [0.2, 0.25) is 0 Å². The molecule has 1 fully saturated rings. The smallest absolute Gasteiger partial charge is 0.319 e. The molecule has 0 aliphatic carbocycles. The van der Waals surface area contributed by atoms with E-state index < -0.39 is 74.5 Å². The maximum atomic E-state index is 12.3. The summed E-state index contributed by atoms with van der Waals surface area (Å²) in [4.78, 5) is 55.4. The number of aliphatic hydroxyl groups excluding tert-OH is 4. The van der Waals surface area contributed by atoms with Gasteiger partial charge in [0.15, 0.2) is 0 Å². The van der Waals surface area contributed by atoms with E-state index in [0.29, 0.717) is 0 Å². The fourth-order valence-corrected chi connectivity index (χ4v) is 4.53. The Balaban J connectivity index is 3.71. The summed E-state index contributed by atoms with van der Waals surface area (Å²) in [7, 11) is 4.81. The van der Waals surface area contributed by atoms with Crippen molar-refractivity contribution in [3.05, 3.63) is 0 Å². The second-order valence-electron chi connectivity index (χ2n) is 9.37. The van der Waals surface area contributed by atoms with Crippen LogP contribution in [0.4, 0.5) is 0 Å². The van der Waals surface area contributed by atoms with Crippen molar-refractivity contribution in [3.63, 3.8) is 0 Å². The summed E-state index contributed by atoms with van der Waals surface area (Å²) in [5.74, 6) is -2.51. The van der Waals surface area contributed by atoms with E-state index in [0.717, 1.165) is 0 Å². The van der Waals surface area contributed by atoms with Gasteiger partial charge in [-0.15, -0.1) is 0 Å². The molecule has 1 aliphatic heterocycles. The first-order valence-electron chi connectivity index (χ1n) is 12.8. The molecule has 0 aromatic rings. The number of carbonyl (C=O) groups is 4. The summed E-state index contributed by atoms with van der Waals surface area (Å²) in [5.41, 5.74) is 0. The number of aliphatic hydroxyl groups is 4. The Kier molecular flexibility index (Phi) is 16.7. The minimum atomic E-state index is -0.797. The van der Waals surface area contributed by atoms with Gasteiger partial charge in [-0.1, -0.05) is 0 Å². The fraction of sp³-hybridized carbons (Fsp3) is 0.833. The minimum absolute atomic E-state index is 0.0428. The molecule has 4 atom stereocenters. The maximum absolute atomic E-state index is 12.3.